The van der Waals surface area contributed by atoms with Crippen LogP contribution in [0, 0.1) is 0 Å². The number of methoxy groups -OCH3 is 1. The zero-order valence-corrected chi connectivity index (χ0v) is 11.5. The lowest BCUT2D eigenvalue weighted by Gasteiger charge is -2.41. The minimum Gasteiger partial charge on any atom is -0.408 e. The van der Waals surface area contributed by atoms with Crippen molar-refractivity contribution in [1.82, 2.24) is 4.98 Å². The Morgan fingerprint density at radius 2 is 2.32 bits per heavy atom. The Bertz CT molecular complexity index is 636. The maximum atomic E-state index is 11.1. The van der Waals surface area contributed by atoms with Crippen LogP contribution in [0.2, 0.25) is 0 Å². The molecule has 0 amide bonds. The number of aromatic amines is 1. The van der Waals surface area contributed by atoms with Crippen LogP contribution in [-0.2, 0) is 4.74 Å². The lowest BCUT2D eigenvalue weighted by molar-refractivity contribution is -0.0780. The van der Waals surface area contributed by atoms with Crippen molar-refractivity contribution < 1.29 is 9.15 Å². The standard InChI is InChI=1S/C14H16ClNO3/c1-18-14(5-2-6-14)8-10(15)9-3-4-11-12(7-9)19-13(17)16-11/h3-4,7,10H,2,5-6,8H2,1H3,(H,16,17). The molecule has 3 rings (SSSR count). The molecule has 0 saturated heterocycles. The van der Waals surface area contributed by atoms with Crippen molar-refractivity contribution >= 4 is 22.7 Å². The van der Waals surface area contributed by atoms with Crippen molar-refractivity contribution in [3.05, 3.63) is 34.3 Å². The molecule has 0 spiro atoms. The molecule has 1 atom stereocenters. The van der Waals surface area contributed by atoms with E-state index in [1.807, 2.05) is 18.2 Å². The van der Waals surface area contributed by atoms with Crippen LogP contribution < -0.4 is 5.76 Å². The van der Waals surface area contributed by atoms with Crippen molar-refractivity contribution in [3.8, 4) is 0 Å². The number of hydrogen-bond acceptors (Lipinski definition) is 3. The van der Waals surface area contributed by atoms with E-state index in [4.69, 9.17) is 20.8 Å². The van der Waals surface area contributed by atoms with Crippen LogP contribution in [0.3, 0.4) is 0 Å². The molecule has 0 aliphatic heterocycles. The summed E-state index contributed by atoms with van der Waals surface area (Å²) in [4.78, 5) is 13.7. The largest absolute Gasteiger partial charge is 0.417 e. The Morgan fingerprint density at radius 1 is 1.53 bits per heavy atom. The van der Waals surface area contributed by atoms with E-state index in [2.05, 4.69) is 4.98 Å². The molecule has 19 heavy (non-hydrogen) atoms. The van der Waals surface area contributed by atoms with E-state index in [1.54, 1.807) is 7.11 Å². The Kier molecular flexibility index (Phi) is 3.15. The number of hydrogen-bond donors (Lipinski definition) is 1. The second-order valence-corrected chi connectivity index (χ2v) is 5.71. The molecule has 5 heteroatoms. The molecule has 0 radical (unpaired) electrons. The average molecular weight is 282 g/mol. The summed E-state index contributed by atoms with van der Waals surface area (Å²) >= 11 is 6.48. The third-order valence-electron chi connectivity index (χ3n) is 4.06. The van der Waals surface area contributed by atoms with Gasteiger partial charge in [-0.2, -0.15) is 0 Å². The highest BCUT2D eigenvalue weighted by atomic mass is 35.5. The van der Waals surface area contributed by atoms with E-state index in [0.29, 0.717) is 11.1 Å². The van der Waals surface area contributed by atoms with E-state index in [1.165, 1.54) is 6.42 Å². The molecule has 1 saturated carbocycles. The zero-order chi connectivity index (χ0) is 13.5. The number of oxazole rings is 1. The lowest BCUT2D eigenvalue weighted by atomic mass is 9.76. The van der Waals surface area contributed by atoms with Gasteiger partial charge in [0.1, 0.15) is 0 Å². The average Bonchev–Trinajstić information content (AvgIpc) is 2.72. The molecule has 0 bridgehead atoms. The molecular weight excluding hydrogens is 266 g/mol. The number of benzene rings is 1. The Morgan fingerprint density at radius 3 is 2.95 bits per heavy atom. The van der Waals surface area contributed by atoms with Crippen LogP contribution in [0.5, 0.6) is 0 Å². The highest BCUT2D eigenvalue weighted by Gasteiger charge is 2.39. The van der Waals surface area contributed by atoms with E-state index in [0.717, 1.165) is 24.8 Å². The van der Waals surface area contributed by atoms with Gasteiger partial charge >= 0.3 is 5.76 Å². The fourth-order valence-corrected chi connectivity index (χ4v) is 3.08. The summed E-state index contributed by atoms with van der Waals surface area (Å²) in [5, 5.41) is -0.134. The number of H-pyrrole nitrogens is 1. The van der Waals surface area contributed by atoms with Gasteiger partial charge in [-0.15, -0.1) is 11.6 Å². The second kappa shape index (κ2) is 4.69. The quantitative estimate of drug-likeness (QED) is 0.874. The summed E-state index contributed by atoms with van der Waals surface area (Å²) in [7, 11) is 1.75. The predicted molar refractivity (Wildman–Crippen MR) is 73.6 cm³/mol. The van der Waals surface area contributed by atoms with E-state index in [9.17, 15) is 4.79 Å². The number of fused-ring (bicyclic) bond motifs is 1. The van der Waals surface area contributed by atoms with Gasteiger partial charge in [0.15, 0.2) is 5.58 Å². The molecule has 102 valence electrons. The van der Waals surface area contributed by atoms with Crippen LogP contribution in [0.15, 0.2) is 27.4 Å². The minimum atomic E-state index is -0.439. The number of nitrogens with one attached hydrogen (secondary N) is 1. The highest BCUT2D eigenvalue weighted by Crippen LogP contribution is 2.44. The molecule has 4 nitrogen and oxygen atoms in total. The van der Waals surface area contributed by atoms with Crippen molar-refractivity contribution in [3.63, 3.8) is 0 Å². The Balaban J connectivity index is 1.84. The highest BCUT2D eigenvalue weighted by molar-refractivity contribution is 6.21. The van der Waals surface area contributed by atoms with Crippen molar-refractivity contribution in [1.29, 1.82) is 0 Å². The number of aromatic nitrogens is 1. The number of halogens is 1. The van der Waals surface area contributed by atoms with Crippen LogP contribution in [0.1, 0.15) is 36.6 Å². The first-order valence-electron chi connectivity index (χ1n) is 6.44. The maximum absolute atomic E-state index is 11.1. The molecule has 1 heterocycles. The molecule has 1 unspecified atom stereocenters. The first kappa shape index (κ1) is 12.8. The topological polar surface area (TPSA) is 55.2 Å². The van der Waals surface area contributed by atoms with Crippen LogP contribution in [0.25, 0.3) is 11.1 Å². The van der Waals surface area contributed by atoms with Gasteiger partial charge in [0.05, 0.1) is 16.5 Å². The van der Waals surface area contributed by atoms with E-state index >= 15 is 0 Å². The van der Waals surface area contributed by atoms with Crippen molar-refractivity contribution in [2.24, 2.45) is 0 Å². The van der Waals surface area contributed by atoms with E-state index < -0.39 is 5.76 Å². The fraction of sp³-hybridized carbons (Fsp3) is 0.500. The Labute approximate surface area is 115 Å². The summed E-state index contributed by atoms with van der Waals surface area (Å²) in [6.07, 6.45) is 4.11. The lowest BCUT2D eigenvalue weighted by Crippen LogP contribution is -2.39. The van der Waals surface area contributed by atoms with Gasteiger partial charge in [0.2, 0.25) is 0 Å². The molecule has 1 N–H and O–H groups in total. The monoisotopic (exact) mass is 281 g/mol. The van der Waals surface area contributed by atoms with Crippen molar-refractivity contribution in [2.75, 3.05) is 7.11 Å². The van der Waals surface area contributed by atoms with Gasteiger partial charge in [-0.25, -0.2) is 4.79 Å². The van der Waals surface area contributed by atoms with Gasteiger partial charge in [0.25, 0.3) is 0 Å². The second-order valence-electron chi connectivity index (χ2n) is 5.18. The third kappa shape index (κ3) is 2.30. The molecule has 1 aromatic carbocycles. The minimum absolute atomic E-state index is 0.0691. The summed E-state index contributed by atoms with van der Waals surface area (Å²) in [6, 6.07) is 5.58. The zero-order valence-electron chi connectivity index (χ0n) is 10.7. The molecule has 2 aromatic rings. The smallest absolute Gasteiger partial charge is 0.408 e. The first-order chi connectivity index (χ1) is 9.12. The molecule has 1 aliphatic carbocycles. The predicted octanol–water partition coefficient (Wildman–Crippen LogP) is 3.36. The fourth-order valence-electron chi connectivity index (χ4n) is 2.66. The summed E-state index contributed by atoms with van der Waals surface area (Å²) in [5.74, 6) is -0.439. The van der Waals surface area contributed by atoms with Crippen molar-refractivity contribution in [2.45, 2.75) is 36.7 Å². The van der Waals surface area contributed by atoms with Gasteiger partial charge in [-0.05, 0) is 43.4 Å². The van der Waals surface area contributed by atoms with Crippen LogP contribution in [0.4, 0.5) is 0 Å². The summed E-state index contributed by atoms with van der Waals surface area (Å²) in [6.45, 7) is 0. The van der Waals surface area contributed by atoms with Crippen LogP contribution in [-0.4, -0.2) is 17.7 Å². The molecule has 1 aromatic heterocycles. The van der Waals surface area contributed by atoms with Gasteiger partial charge in [-0.1, -0.05) is 6.07 Å². The first-order valence-corrected chi connectivity index (χ1v) is 6.88. The summed E-state index contributed by atoms with van der Waals surface area (Å²) in [5.41, 5.74) is 2.14. The van der Waals surface area contributed by atoms with E-state index in [-0.39, 0.29) is 11.0 Å². The SMILES string of the molecule is COC1(CC(Cl)c2ccc3[nH]c(=O)oc3c2)CCC1. The maximum Gasteiger partial charge on any atom is 0.417 e. The summed E-state index contributed by atoms with van der Waals surface area (Å²) < 4.78 is 10.6. The van der Waals surface area contributed by atoms with Gasteiger partial charge in [0, 0.05) is 7.11 Å². The Hall–Kier alpha value is -1.26. The number of rotatable bonds is 4. The third-order valence-corrected chi connectivity index (χ3v) is 4.46. The van der Waals surface area contributed by atoms with Gasteiger partial charge in [-0.3, -0.25) is 4.98 Å². The molecule has 1 fully saturated rings. The number of ether oxygens (including phenoxy) is 1. The normalized spacial score (nSPS) is 19.3. The number of alkyl halides is 1. The van der Waals surface area contributed by atoms with Crippen LogP contribution >= 0.6 is 11.6 Å². The van der Waals surface area contributed by atoms with Gasteiger partial charge < -0.3 is 9.15 Å². The molecular formula is C14H16ClNO3. The molecule has 1 aliphatic rings.